The first-order valence-electron chi connectivity index (χ1n) is 5.34. The van der Waals surface area contributed by atoms with Crippen LogP contribution in [0.2, 0.25) is 0 Å². The maximum Gasteiger partial charge on any atom is 0.451 e. The Morgan fingerprint density at radius 3 is 2.61 bits per heavy atom. The van der Waals surface area contributed by atoms with Crippen LogP contribution in [0.25, 0.3) is 0 Å². The first-order chi connectivity index (χ1) is 8.36. The van der Waals surface area contributed by atoms with Gasteiger partial charge in [-0.3, -0.25) is 0 Å². The van der Waals surface area contributed by atoms with Gasteiger partial charge in [0.2, 0.25) is 5.82 Å². The number of nitrogen functional groups attached to an aromatic ring is 1. The molecule has 0 amide bonds. The van der Waals surface area contributed by atoms with Crippen molar-refractivity contribution in [3.8, 4) is 0 Å². The molecule has 1 aromatic rings. The van der Waals surface area contributed by atoms with Gasteiger partial charge in [0.05, 0.1) is 12.6 Å². The van der Waals surface area contributed by atoms with Crippen molar-refractivity contribution >= 4 is 11.6 Å². The summed E-state index contributed by atoms with van der Waals surface area (Å²) in [5.41, 5.74) is 5.32. The minimum Gasteiger partial charge on any atom is -0.384 e. The van der Waals surface area contributed by atoms with Gasteiger partial charge in [-0.05, 0) is 6.42 Å². The number of nitrogens with one attached hydrogen (secondary N) is 1. The zero-order chi connectivity index (χ0) is 13.8. The average molecular weight is 264 g/mol. The highest BCUT2D eigenvalue weighted by Gasteiger charge is 2.35. The smallest absolute Gasteiger partial charge is 0.384 e. The first-order valence-corrected chi connectivity index (χ1v) is 5.34. The van der Waals surface area contributed by atoms with Crippen molar-refractivity contribution in [2.24, 2.45) is 0 Å². The van der Waals surface area contributed by atoms with Gasteiger partial charge in [0.25, 0.3) is 0 Å². The summed E-state index contributed by atoms with van der Waals surface area (Å²) in [7, 11) is 1.51. The van der Waals surface area contributed by atoms with Gasteiger partial charge in [0.15, 0.2) is 0 Å². The predicted molar refractivity (Wildman–Crippen MR) is 61.0 cm³/mol. The van der Waals surface area contributed by atoms with Crippen LogP contribution in [0.15, 0.2) is 6.07 Å². The third kappa shape index (κ3) is 4.02. The van der Waals surface area contributed by atoms with Crippen molar-refractivity contribution in [3.63, 3.8) is 0 Å². The second-order valence-electron chi connectivity index (χ2n) is 3.70. The second kappa shape index (κ2) is 5.85. The molecule has 0 aromatic carbocycles. The van der Waals surface area contributed by atoms with Crippen molar-refractivity contribution in [1.82, 2.24) is 9.97 Å². The van der Waals surface area contributed by atoms with E-state index in [1.807, 2.05) is 6.92 Å². The van der Waals surface area contributed by atoms with Crippen LogP contribution < -0.4 is 11.1 Å². The summed E-state index contributed by atoms with van der Waals surface area (Å²) in [5, 5.41) is 2.83. The third-order valence-electron chi connectivity index (χ3n) is 2.21. The van der Waals surface area contributed by atoms with E-state index < -0.39 is 12.0 Å². The molecule has 1 atom stereocenters. The Labute approximate surface area is 103 Å². The van der Waals surface area contributed by atoms with E-state index in [9.17, 15) is 13.2 Å². The molecule has 102 valence electrons. The van der Waals surface area contributed by atoms with Gasteiger partial charge in [-0.25, -0.2) is 9.97 Å². The summed E-state index contributed by atoms with van der Waals surface area (Å²) >= 11 is 0. The molecule has 0 saturated carbocycles. The summed E-state index contributed by atoms with van der Waals surface area (Å²) in [6.45, 7) is 2.24. The van der Waals surface area contributed by atoms with Crippen LogP contribution >= 0.6 is 0 Å². The van der Waals surface area contributed by atoms with E-state index in [-0.39, 0.29) is 17.7 Å². The lowest BCUT2D eigenvalue weighted by atomic mass is 10.2. The van der Waals surface area contributed by atoms with Crippen molar-refractivity contribution in [1.29, 1.82) is 0 Å². The minimum atomic E-state index is -4.62. The van der Waals surface area contributed by atoms with E-state index in [0.717, 1.165) is 0 Å². The Kier molecular flexibility index (Phi) is 4.71. The summed E-state index contributed by atoms with van der Waals surface area (Å²) in [5.74, 6) is -1.44. The van der Waals surface area contributed by atoms with Crippen LogP contribution in [0, 0.1) is 0 Å². The highest BCUT2D eigenvalue weighted by atomic mass is 19.4. The van der Waals surface area contributed by atoms with Crippen molar-refractivity contribution in [2.45, 2.75) is 25.6 Å². The Morgan fingerprint density at radius 1 is 1.44 bits per heavy atom. The molecule has 1 rings (SSSR count). The molecule has 0 fully saturated rings. The average Bonchev–Trinajstić information content (AvgIpc) is 2.26. The van der Waals surface area contributed by atoms with Crippen LogP contribution in [0.4, 0.5) is 24.8 Å². The van der Waals surface area contributed by atoms with Crippen molar-refractivity contribution < 1.29 is 17.9 Å². The van der Waals surface area contributed by atoms with Gasteiger partial charge in [-0.15, -0.1) is 0 Å². The number of methoxy groups -OCH3 is 1. The lowest BCUT2D eigenvalue weighted by Crippen LogP contribution is -2.25. The van der Waals surface area contributed by atoms with Crippen LogP contribution in [-0.4, -0.2) is 29.7 Å². The van der Waals surface area contributed by atoms with E-state index in [2.05, 4.69) is 15.3 Å². The molecule has 1 unspecified atom stereocenters. The van der Waals surface area contributed by atoms with Crippen LogP contribution in [0.1, 0.15) is 19.2 Å². The first kappa shape index (κ1) is 14.5. The molecule has 3 N–H and O–H groups in total. The fraction of sp³-hybridized carbons (Fsp3) is 0.600. The lowest BCUT2D eigenvalue weighted by Gasteiger charge is -2.17. The van der Waals surface area contributed by atoms with E-state index in [1.54, 1.807) is 0 Å². The molecule has 0 aliphatic heterocycles. The zero-order valence-corrected chi connectivity index (χ0v) is 10.1. The van der Waals surface area contributed by atoms with Crippen molar-refractivity contribution in [3.05, 3.63) is 11.9 Å². The van der Waals surface area contributed by atoms with E-state index in [0.29, 0.717) is 13.0 Å². The van der Waals surface area contributed by atoms with E-state index in [4.69, 9.17) is 10.5 Å². The fourth-order valence-corrected chi connectivity index (χ4v) is 1.34. The van der Waals surface area contributed by atoms with Gasteiger partial charge in [0.1, 0.15) is 11.6 Å². The fourth-order valence-electron chi connectivity index (χ4n) is 1.34. The van der Waals surface area contributed by atoms with Crippen LogP contribution in [-0.2, 0) is 10.9 Å². The largest absolute Gasteiger partial charge is 0.451 e. The SMILES string of the molecule is CCC(COC)Nc1cc(N)nc(C(F)(F)F)n1. The molecule has 0 aliphatic rings. The molecule has 8 heteroatoms. The van der Waals surface area contributed by atoms with Gasteiger partial charge in [-0.2, -0.15) is 13.2 Å². The number of rotatable bonds is 5. The van der Waals surface area contributed by atoms with Gasteiger partial charge < -0.3 is 15.8 Å². The number of alkyl halides is 3. The Morgan fingerprint density at radius 2 is 2.11 bits per heavy atom. The standard InChI is InChI=1S/C10H15F3N4O/c1-3-6(5-18-2)15-8-4-7(14)16-9(17-8)10(11,12)13/h4,6H,3,5H2,1-2H3,(H3,14,15,16,17). The molecule has 0 radical (unpaired) electrons. The number of hydrogen-bond donors (Lipinski definition) is 2. The molecule has 18 heavy (non-hydrogen) atoms. The molecule has 1 aromatic heterocycles. The molecule has 1 heterocycles. The molecule has 0 aliphatic carbocycles. The van der Waals surface area contributed by atoms with Gasteiger partial charge in [-0.1, -0.05) is 6.92 Å². The number of anilines is 2. The number of nitrogens with zero attached hydrogens (tertiary/aromatic N) is 2. The Balaban J connectivity index is 2.92. The third-order valence-corrected chi connectivity index (χ3v) is 2.21. The maximum absolute atomic E-state index is 12.5. The van der Waals surface area contributed by atoms with Crippen LogP contribution in [0.5, 0.6) is 0 Å². The number of aromatic nitrogens is 2. The number of ether oxygens (including phenoxy) is 1. The molecule has 5 nitrogen and oxygen atoms in total. The lowest BCUT2D eigenvalue weighted by molar-refractivity contribution is -0.144. The monoisotopic (exact) mass is 264 g/mol. The van der Waals surface area contributed by atoms with E-state index >= 15 is 0 Å². The number of halogens is 3. The molecular formula is C10H15F3N4O. The summed E-state index contributed by atoms with van der Waals surface area (Å²) < 4.78 is 42.4. The highest BCUT2D eigenvalue weighted by Crippen LogP contribution is 2.27. The summed E-state index contributed by atoms with van der Waals surface area (Å²) in [4.78, 5) is 6.55. The Bertz CT molecular complexity index is 397. The zero-order valence-electron chi connectivity index (χ0n) is 10.1. The molecular weight excluding hydrogens is 249 g/mol. The normalized spacial score (nSPS) is 13.4. The minimum absolute atomic E-state index is 0.0405. The van der Waals surface area contributed by atoms with E-state index in [1.165, 1.54) is 13.2 Å². The number of hydrogen-bond acceptors (Lipinski definition) is 5. The maximum atomic E-state index is 12.5. The van der Waals surface area contributed by atoms with Crippen molar-refractivity contribution in [2.75, 3.05) is 24.8 Å². The van der Waals surface area contributed by atoms with Gasteiger partial charge in [0, 0.05) is 13.2 Å². The molecule has 0 spiro atoms. The summed E-state index contributed by atoms with van der Waals surface area (Å²) in [6.07, 6.45) is -3.94. The Hall–Kier alpha value is -1.57. The number of nitrogens with two attached hydrogens (primary N) is 1. The second-order valence-corrected chi connectivity index (χ2v) is 3.70. The topological polar surface area (TPSA) is 73.1 Å². The van der Waals surface area contributed by atoms with Crippen LogP contribution in [0.3, 0.4) is 0 Å². The molecule has 0 saturated heterocycles. The summed E-state index contributed by atoms with van der Waals surface area (Å²) in [6, 6.07) is 1.12. The quantitative estimate of drug-likeness (QED) is 0.850. The highest BCUT2D eigenvalue weighted by molar-refractivity contribution is 5.45. The predicted octanol–water partition coefficient (Wildman–Crippen LogP) is 1.91. The van der Waals surface area contributed by atoms with Gasteiger partial charge >= 0.3 is 6.18 Å². The molecule has 0 bridgehead atoms.